The monoisotopic (exact) mass is 210 g/mol. The molecule has 0 aliphatic heterocycles. The minimum absolute atomic E-state index is 0.520. The van der Waals surface area contributed by atoms with Crippen molar-refractivity contribution in [2.75, 3.05) is 13.6 Å². The Hall–Kier alpha value is -0.970. The second-order valence-corrected chi connectivity index (χ2v) is 3.64. The molecule has 0 radical (unpaired) electrons. The van der Waals surface area contributed by atoms with Crippen LogP contribution in [0.15, 0.2) is 18.5 Å². The Labute approximate surface area is 90.0 Å². The van der Waals surface area contributed by atoms with E-state index in [0.717, 1.165) is 5.56 Å². The van der Waals surface area contributed by atoms with Crippen molar-refractivity contribution in [3.05, 3.63) is 29.6 Å². The molecule has 84 valence electrons. The van der Waals surface area contributed by atoms with Gasteiger partial charge < -0.3 is 15.5 Å². The second kappa shape index (κ2) is 5.80. The van der Waals surface area contributed by atoms with Crippen LogP contribution in [0.25, 0.3) is 0 Å². The van der Waals surface area contributed by atoms with Gasteiger partial charge in [-0.25, -0.2) is 0 Å². The molecule has 0 bridgehead atoms. The first kappa shape index (κ1) is 12.1. The van der Waals surface area contributed by atoms with Crippen molar-refractivity contribution in [2.45, 2.75) is 25.6 Å². The summed E-state index contributed by atoms with van der Waals surface area (Å²) in [6, 6.07) is 1.82. The molecule has 1 rings (SSSR count). The summed E-state index contributed by atoms with van der Waals surface area (Å²) in [6.07, 6.45) is 2.19. The van der Waals surface area contributed by atoms with E-state index >= 15 is 0 Å². The summed E-state index contributed by atoms with van der Waals surface area (Å²) in [5, 5.41) is 22.5. The highest BCUT2D eigenvalue weighted by Crippen LogP contribution is 2.20. The van der Waals surface area contributed by atoms with Crippen LogP contribution in [0.1, 0.15) is 23.7 Å². The average Bonchev–Trinajstić information content (AvgIpc) is 2.25. The molecule has 0 fully saturated rings. The number of nitrogens with zero attached hydrogens (tertiary/aromatic N) is 1. The number of rotatable bonds is 5. The van der Waals surface area contributed by atoms with Crippen molar-refractivity contribution in [3.63, 3.8) is 0 Å². The van der Waals surface area contributed by atoms with Crippen molar-refractivity contribution >= 4 is 0 Å². The highest BCUT2D eigenvalue weighted by molar-refractivity contribution is 5.24. The van der Waals surface area contributed by atoms with E-state index in [1.165, 1.54) is 0 Å². The maximum atomic E-state index is 9.88. The lowest BCUT2D eigenvalue weighted by Crippen LogP contribution is -2.23. The number of pyridine rings is 1. The molecule has 0 aromatic carbocycles. The maximum Gasteiger partial charge on any atom is 0.107 e. The number of nitrogens with one attached hydrogen (secondary N) is 1. The van der Waals surface area contributed by atoms with Crippen LogP contribution in [-0.4, -0.2) is 34.9 Å². The number of aliphatic hydroxyl groups excluding tert-OH is 2. The van der Waals surface area contributed by atoms with Gasteiger partial charge in [0, 0.05) is 18.0 Å². The lowest BCUT2D eigenvalue weighted by atomic mass is 10.00. The molecule has 0 spiro atoms. The standard InChI is InChI=1S/C11H18N2O2/c1-8-3-6-13-7-9(8)11(15)10(14)4-5-12-2/h3,6-7,10-12,14-15H,4-5H2,1-2H3. The zero-order chi connectivity index (χ0) is 11.3. The van der Waals surface area contributed by atoms with E-state index < -0.39 is 12.2 Å². The Balaban J connectivity index is 2.67. The molecule has 1 heterocycles. The molecule has 0 amide bonds. The van der Waals surface area contributed by atoms with Gasteiger partial charge in [-0.2, -0.15) is 0 Å². The zero-order valence-electron chi connectivity index (χ0n) is 9.14. The van der Waals surface area contributed by atoms with Gasteiger partial charge in [0.2, 0.25) is 0 Å². The lowest BCUT2D eigenvalue weighted by Gasteiger charge is -2.19. The van der Waals surface area contributed by atoms with E-state index in [4.69, 9.17) is 0 Å². The lowest BCUT2D eigenvalue weighted by molar-refractivity contribution is 0.0135. The van der Waals surface area contributed by atoms with Crippen molar-refractivity contribution in [1.29, 1.82) is 0 Å². The number of hydrogen-bond acceptors (Lipinski definition) is 4. The van der Waals surface area contributed by atoms with Gasteiger partial charge in [-0.3, -0.25) is 4.98 Å². The van der Waals surface area contributed by atoms with Crippen molar-refractivity contribution in [1.82, 2.24) is 10.3 Å². The van der Waals surface area contributed by atoms with Gasteiger partial charge in [0.1, 0.15) is 6.10 Å². The molecule has 4 nitrogen and oxygen atoms in total. The summed E-state index contributed by atoms with van der Waals surface area (Å²) >= 11 is 0. The molecule has 0 saturated heterocycles. The van der Waals surface area contributed by atoms with Gasteiger partial charge in [-0.15, -0.1) is 0 Å². The SMILES string of the molecule is CNCCC(O)C(O)c1cnccc1C. The molecule has 1 aromatic heterocycles. The number of hydrogen-bond donors (Lipinski definition) is 3. The van der Waals surface area contributed by atoms with Gasteiger partial charge in [-0.1, -0.05) is 0 Å². The molecule has 3 N–H and O–H groups in total. The molecule has 0 aliphatic rings. The van der Waals surface area contributed by atoms with Crippen molar-refractivity contribution < 1.29 is 10.2 Å². The molecule has 0 saturated carbocycles. The smallest absolute Gasteiger partial charge is 0.107 e. The minimum atomic E-state index is -0.855. The van der Waals surface area contributed by atoms with Crippen molar-refractivity contribution in [3.8, 4) is 0 Å². The molecule has 2 atom stereocenters. The number of aromatic nitrogens is 1. The predicted octanol–water partition coefficient (Wildman–Crippen LogP) is 0.394. The van der Waals surface area contributed by atoms with Crippen LogP contribution >= 0.6 is 0 Å². The first-order valence-electron chi connectivity index (χ1n) is 5.08. The summed E-state index contributed by atoms with van der Waals surface area (Å²) in [6.45, 7) is 2.57. The quantitative estimate of drug-likeness (QED) is 0.658. The fraction of sp³-hybridized carbons (Fsp3) is 0.545. The predicted molar refractivity (Wildman–Crippen MR) is 58.5 cm³/mol. The first-order chi connectivity index (χ1) is 7.16. The van der Waals surface area contributed by atoms with Gasteiger partial charge >= 0.3 is 0 Å². The van der Waals surface area contributed by atoms with Gasteiger partial charge in [0.15, 0.2) is 0 Å². The molecular weight excluding hydrogens is 192 g/mol. The van der Waals surface area contributed by atoms with E-state index in [9.17, 15) is 10.2 Å². The second-order valence-electron chi connectivity index (χ2n) is 3.64. The van der Waals surface area contributed by atoms with Gasteiger partial charge in [0.05, 0.1) is 6.10 Å². The average molecular weight is 210 g/mol. The first-order valence-corrected chi connectivity index (χ1v) is 5.08. The summed E-state index contributed by atoms with van der Waals surface area (Å²) < 4.78 is 0. The molecule has 15 heavy (non-hydrogen) atoms. The Morgan fingerprint density at radius 3 is 2.80 bits per heavy atom. The van der Waals surface area contributed by atoms with E-state index in [-0.39, 0.29) is 0 Å². The van der Waals surface area contributed by atoms with Crippen LogP contribution in [0.4, 0.5) is 0 Å². The van der Waals surface area contributed by atoms with E-state index in [1.807, 2.05) is 20.0 Å². The van der Waals surface area contributed by atoms with Crippen LogP contribution in [-0.2, 0) is 0 Å². The van der Waals surface area contributed by atoms with Crippen LogP contribution in [0.5, 0.6) is 0 Å². The third kappa shape index (κ3) is 3.27. The van der Waals surface area contributed by atoms with E-state index in [0.29, 0.717) is 18.5 Å². The third-order valence-electron chi connectivity index (χ3n) is 2.45. The molecule has 1 aromatic rings. The molecule has 0 aliphatic carbocycles. The van der Waals surface area contributed by atoms with Crippen LogP contribution in [0, 0.1) is 6.92 Å². The van der Waals surface area contributed by atoms with E-state index in [1.54, 1.807) is 12.4 Å². The Morgan fingerprint density at radius 1 is 1.47 bits per heavy atom. The van der Waals surface area contributed by atoms with Gasteiger partial charge in [-0.05, 0) is 38.6 Å². The minimum Gasteiger partial charge on any atom is -0.390 e. The number of aryl methyl sites for hydroxylation is 1. The largest absolute Gasteiger partial charge is 0.390 e. The van der Waals surface area contributed by atoms with E-state index in [2.05, 4.69) is 10.3 Å². The third-order valence-corrected chi connectivity index (χ3v) is 2.45. The fourth-order valence-electron chi connectivity index (χ4n) is 1.44. The number of aliphatic hydroxyl groups is 2. The highest BCUT2D eigenvalue weighted by atomic mass is 16.3. The Morgan fingerprint density at radius 2 is 2.20 bits per heavy atom. The van der Waals surface area contributed by atoms with Crippen LogP contribution in [0.2, 0.25) is 0 Å². The summed E-state index contributed by atoms with van der Waals surface area (Å²) in [5.74, 6) is 0. The van der Waals surface area contributed by atoms with Crippen molar-refractivity contribution in [2.24, 2.45) is 0 Å². The Bertz CT molecular complexity index is 304. The topological polar surface area (TPSA) is 65.4 Å². The molecule has 2 unspecified atom stereocenters. The van der Waals surface area contributed by atoms with Crippen LogP contribution < -0.4 is 5.32 Å². The summed E-state index contributed by atoms with van der Waals surface area (Å²) in [4.78, 5) is 3.94. The highest BCUT2D eigenvalue weighted by Gasteiger charge is 2.19. The maximum absolute atomic E-state index is 9.88. The van der Waals surface area contributed by atoms with Crippen LogP contribution in [0.3, 0.4) is 0 Å². The summed E-state index contributed by atoms with van der Waals surface area (Å²) in [5.41, 5.74) is 1.64. The molecular formula is C11H18N2O2. The fourth-order valence-corrected chi connectivity index (χ4v) is 1.44. The zero-order valence-corrected chi connectivity index (χ0v) is 9.14. The molecule has 4 heteroatoms. The Kier molecular flexibility index (Phi) is 4.68. The summed E-state index contributed by atoms with van der Waals surface area (Å²) in [7, 11) is 1.81. The van der Waals surface area contributed by atoms with Gasteiger partial charge in [0.25, 0.3) is 0 Å². The normalized spacial score (nSPS) is 14.9.